The van der Waals surface area contributed by atoms with Crippen LogP contribution in [0.25, 0.3) is 11.1 Å². The minimum absolute atomic E-state index is 0.181. The maximum absolute atomic E-state index is 14.8. The number of hydrogen-bond acceptors (Lipinski definition) is 7. The summed E-state index contributed by atoms with van der Waals surface area (Å²) in [5, 5.41) is 11.4. The van der Waals surface area contributed by atoms with Gasteiger partial charge in [-0.25, -0.2) is 4.39 Å². The molecular formula is C28H31FN4O3S. The lowest BCUT2D eigenvalue weighted by Crippen LogP contribution is -2.14. The molecule has 9 heteroatoms. The molecule has 0 aliphatic heterocycles. The van der Waals surface area contributed by atoms with E-state index >= 15 is 0 Å². The number of aromatic nitrogens is 3. The Balaban J connectivity index is 1.80. The van der Waals surface area contributed by atoms with Gasteiger partial charge in [-0.15, -0.1) is 5.10 Å². The van der Waals surface area contributed by atoms with E-state index in [4.69, 9.17) is 9.47 Å². The quantitative estimate of drug-likeness (QED) is 0.290. The van der Waals surface area contributed by atoms with Gasteiger partial charge < -0.3 is 9.47 Å². The van der Waals surface area contributed by atoms with Crippen LogP contribution in [0.1, 0.15) is 50.2 Å². The number of amides is 1. The number of pyridine rings is 1. The van der Waals surface area contributed by atoms with Gasteiger partial charge in [0.2, 0.25) is 5.13 Å². The smallest absolute Gasteiger partial charge is 0.296 e. The first-order chi connectivity index (χ1) is 17.8. The number of anilines is 1. The lowest BCUT2D eigenvalue weighted by Gasteiger charge is -2.14. The third kappa shape index (κ3) is 7.10. The molecule has 1 N–H and O–H groups in total. The van der Waals surface area contributed by atoms with Gasteiger partial charge in [-0.3, -0.25) is 15.1 Å². The molecule has 0 aliphatic carbocycles. The zero-order chi connectivity index (χ0) is 26.9. The standard InChI is InChI=1S/C28H31FN4O3S/c1-7-17(3)12-13-20(18(4)8-2)16-36-28-33-32-27(37-28)31-26(34)22-15-30-19(5)14-21(22)25-23(29)10-9-11-24(25)35-6/h7,9-15H,8,16H2,1-6H3,(H,31,32,34)/b13-12-,17-7-,20-18+. The Bertz CT molecular complexity index is 1360. The van der Waals surface area contributed by atoms with E-state index in [1.807, 2.05) is 32.1 Å². The topological polar surface area (TPSA) is 86.2 Å². The van der Waals surface area contributed by atoms with Crippen LogP contribution in [0.5, 0.6) is 10.9 Å². The van der Waals surface area contributed by atoms with Crippen molar-refractivity contribution in [2.24, 2.45) is 0 Å². The molecule has 0 saturated carbocycles. The van der Waals surface area contributed by atoms with E-state index in [-0.39, 0.29) is 16.3 Å². The molecule has 3 aromatic rings. The normalized spacial score (nSPS) is 12.5. The van der Waals surface area contributed by atoms with Crippen molar-refractivity contribution in [3.63, 3.8) is 0 Å². The van der Waals surface area contributed by atoms with Crippen LogP contribution in [0.4, 0.5) is 9.52 Å². The Labute approximate surface area is 220 Å². The summed E-state index contributed by atoms with van der Waals surface area (Å²) in [6.45, 7) is 10.3. The number of allylic oxidation sites excluding steroid dienone is 4. The second kappa shape index (κ2) is 12.9. The first-order valence-corrected chi connectivity index (χ1v) is 12.7. The van der Waals surface area contributed by atoms with E-state index in [1.165, 1.54) is 24.9 Å². The van der Waals surface area contributed by atoms with Crippen molar-refractivity contribution < 1.29 is 18.7 Å². The van der Waals surface area contributed by atoms with Gasteiger partial charge in [0.1, 0.15) is 18.2 Å². The van der Waals surface area contributed by atoms with Crippen LogP contribution in [0.15, 0.2) is 65.4 Å². The molecule has 37 heavy (non-hydrogen) atoms. The highest BCUT2D eigenvalue weighted by Crippen LogP contribution is 2.35. The van der Waals surface area contributed by atoms with Crippen molar-refractivity contribution in [2.75, 3.05) is 19.0 Å². The fraction of sp³-hybridized carbons (Fsp3) is 0.286. The number of aryl methyl sites for hydroxylation is 1. The van der Waals surface area contributed by atoms with Gasteiger partial charge >= 0.3 is 0 Å². The summed E-state index contributed by atoms with van der Waals surface area (Å²) in [5.41, 5.74) is 4.79. The summed E-state index contributed by atoms with van der Waals surface area (Å²) in [6, 6.07) is 6.16. The van der Waals surface area contributed by atoms with Gasteiger partial charge in [0.25, 0.3) is 11.1 Å². The molecule has 0 atom stereocenters. The number of nitrogens with zero attached hydrogens (tertiary/aromatic N) is 3. The van der Waals surface area contributed by atoms with E-state index in [9.17, 15) is 9.18 Å². The van der Waals surface area contributed by atoms with Gasteiger partial charge in [0.05, 0.1) is 18.2 Å². The van der Waals surface area contributed by atoms with Crippen molar-refractivity contribution in [3.8, 4) is 22.1 Å². The molecule has 1 aromatic carbocycles. The molecule has 0 spiro atoms. The van der Waals surface area contributed by atoms with E-state index in [0.29, 0.717) is 28.8 Å². The highest BCUT2D eigenvalue weighted by atomic mass is 32.1. The van der Waals surface area contributed by atoms with E-state index < -0.39 is 11.7 Å². The zero-order valence-corrected chi connectivity index (χ0v) is 22.7. The molecule has 194 valence electrons. The molecule has 7 nitrogen and oxygen atoms in total. The van der Waals surface area contributed by atoms with Crippen LogP contribution in [-0.2, 0) is 0 Å². The summed E-state index contributed by atoms with van der Waals surface area (Å²) in [6.07, 6.45) is 8.43. The fourth-order valence-electron chi connectivity index (χ4n) is 3.37. The number of methoxy groups -OCH3 is 1. The summed E-state index contributed by atoms with van der Waals surface area (Å²) in [7, 11) is 1.45. The summed E-state index contributed by atoms with van der Waals surface area (Å²) >= 11 is 1.11. The second-order valence-electron chi connectivity index (χ2n) is 8.33. The van der Waals surface area contributed by atoms with Crippen molar-refractivity contribution in [1.82, 2.24) is 15.2 Å². The highest BCUT2D eigenvalue weighted by Gasteiger charge is 2.21. The maximum Gasteiger partial charge on any atom is 0.296 e. The lowest BCUT2D eigenvalue weighted by molar-refractivity contribution is 0.102. The molecule has 0 saturated heterocycles. The molecule has 2 aromatic heterocycles. The first kappa shape index (κ1) is 27.7. The van der Waals surface area contributed by atoms with Gasteiger partial charge in [-0.2, -0.15) is 0 Å². The van der Waals surface area contributed by atoms with Crippen LogP contribution in [-0.4, -0.2) is 34.8 Å². The molecule has 0 aliphatic rings. The number of ether oxygens (including phenoxy) is 2. The molecule has 0 unspecified atom stereocenters. The van der Waals surface area contributed by atoms with E-state index in [1.54, 1.807) is 25.1 Å². The van der Waals surface area contributed by atoms with Crippen molar-refractivity contribution in [1.29, 1.82) is 0 Å². The number of nitrogens with one attached hydrogen (secondary N) is 1. The summed E-state index contributed by atoms with van der Waals surface area (Å²) in [5.74, 6) is -0.686. The molecule has 3 rings (SSSR count). The molecule has 0 radical (unpaired) electrons. The number of halogens is 1. The molecule has 0 fully saturated rings. The number of carbonyl (C=O) groups excluding carboxylic acids is 1. The van der Waals surface area contributed by atoms with Crippen LogP contribution in [0, 0.1) is 12.7 Å². The number of carbonyl (C=O) groups is 1. The Morgan fingerprint density at radius 2 is 2.00 bits per heavy atom. The second-order valence-corrected chi connectivity index (χ2v) is 9.27. The summed E-state index contributed by atoms with van der Waals surface area (Å²) < 4.78 is 26.0. The van der Waals surface area contributed by atoms with Crippen LogP contribution < -0.4 is 14.8 Å². The van der Waals surface area contributed by atoms with Gasteiger partial charge in [0, 0.05) is 17.5 Å². The van der Waals surface area contributed by atoms with Gasteiger partial charge in [-0.05, 0) is 69.2 Å². The molecule has 1 amide bonds. The third-order valence-corrected chi connectivity index (χ3v) is 6.56. The molecule has 2 heterocycles. The SMILES string of the molecule is C\C=C(C)/C=C\C(COc1nnc(NC(=O)c2cnc(C)cc2-c2c(F)cccc2OC)s1)=C(\C)CC. The Kier molecular flexibility index (Phi) is 9.68. The van der Waals surface area contributed by atoms with Crippen molar-refractivity contribution >= 4 is 22.4 Å². The Morgan fingerprint density at radius 1 is 1.22 bits per heavy atom. The highest BCUT2D eigenvalue weighted by molar-refractivity contribution is 7.17. The number of benzene rings is 1. The van der Waals surface area contributed by atoms with E-state index in [0.717, 1.165) is 28.9 Å². The van der Waals surface area contributed by atoms with Crippen LogP contribution in [0.3, 0.4) is 0 Å². The minimum atomic E-state index is -0.504. The minimum Gasteiger partial charge on any atom is -0.496 e. The zero-order valence-electron chi connectivity index (χ0n) is 21.9. The Morgan fingerprint density at radius 3 is 2.70 bits per heavy atom. The average molecular weight is 523 g/mol. The number of rotatable bonds is 10. The van der Waals surface area contributed by atoms with Gasteiger partial charge in [-0.1, -0.05) is 47.5 Å². The summed E-state index contributed by atoms with van der Waals surface area (Å²) in [4.78, 5) is 17.4. The van der Waals surface area contributed by atoms with Crippen LogP contribution in [0.2, 0.25) is 0 Å². The maximum atomic E-state index is 14.8. The van der Waals surface area contributed by atoms with Crippen molar-refractivity contribution in [2.45, 2.75) is 41.0 Å². The predicted octanol–water partition coefficient (Wildman–Crippen LogP) is 6.94. The first-order valence-electron chi connectivity index (χ1n) is 11.8. The number of hydrogen-bond donors (Lipinski definition) is 1. The molecular weight excluding hydrogens is 491 g/mol. The predicted molar refractivity (Wildman–Crippen MR) is 146 cm³/mol. The average Bonchev–Trinajstić information content (AvgIpc) is 3.34. The third-order valence-electron chi connectivity index (χ3n) is 5.81. The molecule has 0 bridgehead atoms. The lowest BCUT2D eigenvalue weighted by atomic mass is 9.98. The fourth-order valence-corrected chi connectivity index (χ4v) is 3.97. The van der Waals surface area contributed by atoms with Crippen molar-refractivity contribution in [3.05, 3.63) is 82.5 Å². The largest absolute Gasteiger partial charge is 0.496 e. The van der Waals surface area contributed by atoms with E-state index in [2.05, 4.69) is 34.3 Å². The van der Waals surface area contributed by atoms with Crippen LogP contribution >= 0.6 is 11.3 Å². The monoisotopic (exact) mass is 522 g/mol. The van der Waals surface area contributed by atoms with Gasteiger partial charge in [0.15, 0.2) is 0 Å². The Hall–Kier alpha value is -3.85.